The fourth-order valence-electron chi connectivity index (χ4n) is 2.00. The van der Waals surface area contributed by atoms with Gasteiger partial charge in [0.15, 0.2) is 6.04 Å². The number of amides is 1. The van der Waals surface area contributed by atoms with Crippen LogP contribution in [0.15, 0.2) is 35.4 Å². The van der Waals surface area contributed by atoms with Crippen molar-refractivity contribution >= 4 is 29.2 Å². The van der Waals surface area contributed by atoms with Crippen molar-refractivity contribution in [2.45, 2.75) is 25.4 Å². The van der Waals surface area contributed by atoms with Gasteiger partial charge in [-0.15, -0.1) is 0 Å². The lowest BCUT2D eigenvalue weighted by Crippen LogP contribution is -2.42. The van der Waals surface area contributed by atoms with Crippen LogP contribution in [0.2, 0.25) is 0 Å². The van der Waals surface area contributed by atoms with Crippen molar-refractivity contribution in [3.63, 3.8) is 0 Å². The Balaban J connectivity index is 2.21. The molecular formula is C14H15N3O5. The molecule has 0 fully saturated rings. The Morgan fingerprint density at radius 3 is 2.45 bits per heavy atom. The Hall–Kier alpha value is -2.90. The molecule has 0 saturated carbocycles. The number of carboxylic acid groups (broad SMARTS) is 2. The first-order chi connectivity index (χ1) is 10.4. The van der Waals surface area contributed by atoms with E-state index < -0.39 is 29.9 Å². The third-order valence-corrected chi connectivity index (χ3v) is 3.20. The molecule has 0 aromatic heterocycles. The second-order valence-corrected chi connectivity index (χ2v) is 4.82. The van der Waals surface area contributed by atoms with E-state index in [2.05, 4.69) is 10.4 Å². The number of carboxylic acids is 2. The molecule has 0 aliphatic carbocycles. The van der Waals surface area contributed by atoms with E-state index in [1.165, 1.54) is 11.9 Å². The molecule has 0 bridgehead atoms. The summed E-state index contributed by atoms with van der Waals surface area (Å²) in [6, 6.07) is 6.53. The molecule has 22 heavy (non-hydrogen) atoms. The Kier molecular flexibility index (Phi) is 4.40. The van der Waals surface area contributed by atoms with E-state index in [0.717, 1.165) is 0 Å². The number of benzene rings is 1. The summed E-state index contributed by atoms with van der Waals surface area (Å²) in [5.41, 5.74) is 0.535. The Bertz CT molecular complexity index is 629. The molecular weight excluding hydrogens is 290 g/mol. The van der Waals surface area contributed by atoms with Crippen molar-refractivity contribution in [1.29, 1.82) is 0 Å². The van der Waals surface area contributed by atoms with E-state index in [1.807, 2.05) is 0 Å². The highest BCUT2D eigenvalue weighted by Gasteiger charge is 2.36. The lowest BCUT2D eigenvalue weighted by molar-refractivity contribution is -0.140. The predicted molar refractivity (Wildman–Crippen MR) is 77.6 cm³/mol. The van der Waals surface area contributed by atoms with Gasteiger partial charge in [0.2, 0.25) is 0 Å². The Labute approximate surface area is 126 Å². The summed E-state index contributed by atoms with van der Waals surface area (Å²) < 4.78 is 0. The summed E-state index contributed by atoms with van der Waals surface area (Å²) in [5.74, 6) is -2.97. The number of hydrogen-bond acceptors (Lipinski definition) is 5. The topological polar surface area (TPSA) is 119 Å². The highest BCUT2D eigenvalue weighted by molar-refractivity contribution is 6.40. The van der Waals surface area contributed by atoms with Gasteiger partial charge in [-0.25, -0.2) is 4.79 Å². The third-order valence-electron chi connectivity index (χ3n) is 3.20. The number of rotatable bonds is 5. The number of aliphatic carboxylic acids is 2. The molecule has 2 rings (SSSR count). The lowest BCUT2D eigenvalue weighted by Gasteiger charge is -2.19. The van der Waals surface area contributed by atoms with Crippen LogP contribution in [0.25, 0.3) is 0 Å². The second-order valence-electron chi connectivity index (χ2n) is 4.82. The summed E-state index contributed by atoms with van der Waals surface area (Å²) in [4.78, 5) is 34.1. The Morgan fingerprint density at radius 1 is 1.27 bits per heavy atom. The van der Waals surface area contributed by atoms with Gasteiger partial charge in [-0.3, -0.25) is 14.6 Å². The molecule has 1 amide bonds. The van der Waals surface area contributed by atoms with Gasteiger partial charge >= 0.3 is 11.9 Å². The summed E-state index contributed by atoms with van der Waals surface area (Å²) in [7, 11) is 0. The minimum absolute atomic E-state index is 0.00986. The van der Waals surface area contributed by atoms with Crippen LogP contribution in [-0.4, -0.2) is 45.9 Å². The fourth-order valence-corrected chi connectivity index (χ4v) is 2.00. The van der Waals surface area contributed by atoms with Gasteiger partial charge in [-0.1, -0.05) is 18.2 Å². The zero-order valence-electron chi connectivity index (χ0n) is 11.8. The smallest absolute Gasteiger partial charge is 0.328 e. The van der Waals surface area contributed by atoms with E-state index in [4.69, 9.17) is 5.11 Å². The summed E-state index contributed by atoms with van der Waals surface area (Å²) in [6.07, 6.45) is -0.0948. The minimum Gasteiger partial charge on any atom is -0.480 e. The molecule has 1 aromatic rings. The van der Waals surface area contributed by atoms with Crippen molar-refractivity contribution in [3.8, 4) is 0 Å². The van der Waals surface area contributed by atoms with Crippen LogP contribution in [0.5, 0.6) is 0 Å². The van der Waals surface area contributed by atoms with Gasteiger partial charge in [-0.05, 0) is 19.1 Å². The van der Waals surface area contributed by atoms with Gasteiger partial charge in [0, 0.05) is 6.42 Å². The highest BCUT2D eigenvalue weighted by Crippen LogP contribution is 2.24. The number of hydrogen-bond donors (Lipinski definition) is 3. The molecule has 116 valence electrons. The average Bonchev–Trinajstić information content (AvgIpc) is 2.93. The largest absolute Gasteiger partial charge is 0.480 e. The van der Waals surface area contributed by atoms with Crippen molar-refractivity contribution < 1.29 is 24.6 Å². The average molecular weight is 305 g/mol. The van der Waals surface area contributed by atoms with E-state index in [1.54, 1.807) is 30.3 Å². The van der Waals surface area contributed by atoms with Crippen LogP contribution < -0.4 is 10.3 Å². The van der Waals surface area contributed by atoms with Gasteiger partial charge in [0.1, 0.15) is 11.8 Å². The van der Waals surface area contributed by atoms with Crippen molar-refractivity contribution in [3.05, 3.63) is 30.3 Å². The molecule has 1 aliphatic heterocycles. The molecule has 0 radical (unpaired) electrons. The molecule has 0 spiro atoms. The minimum atomic E-state index is -1.18. The van der Waals surface area contributed by atoms with E-state index in [-0.39, 0.29) is 12.1 Å². The van der Waals surface area contributed by atoms with Crippen LogP contribution in [0.1, 0.15) is 13.3 Å². The molecule has 2 atom stereocenters. The van der Waals surface area contributed by atoms with Crippen LogP contribution >= 0.6 is 0 Å². The summed E-state index contributed by atoms with van der Waals surface area (Å²) in [5, 5.41) is 25.6. The Morgan fingerprint density at radius 2 is 1.91 bits per heavy atom. The summed E-state index contributed by atoms with van der Waals surface area (Å²) in [6.45, 7) is 1.32. The number of para-hydroxylation sites is 1. The quantitative estimate of drug-likeness (QED) is 0.719. The van der Waals surface area contributed by atoms with Crippen LogP contribution in [0, 0.1) is 0 Å². The van der Waals surface area contributed by atoms with Crippen LogP contribution in [0.3, 0.4) is 0 Å². The number of carbonyl (C=O) groups is 3. The molecule has 8 heteroatoms. The number of nitrogens with zero attached hydrogens (tertiary/aromatic N) is 2. The monoisotopic (exact) mass is 305 g/mol. The number of anilines is 1. The van der Waals surface area contributed by atoms with Gasteiger partial charge < -0.3 is 15.5 Å². The van der Waals surface area contributed by atoms with E-state index in [0.29, 0.717) is 5.69 Å². The molecule has 8 nitrogen and oxygen atoms in total. The van der Waals surface area contributed by atoms with Gasteiger partial charge in [0.25, 0.3) is 5.91 Å². The third kappa shape index (κ3) is 3.22. The zero-order valence-corrected chi connectivity index (χ0v) is 11.8. The molecule has 0 saturated heterocycles. The highest BCUT2D eigenvalue weighted by atomic mass is 16.4. The first kappa shape index (κ1) is 15.5. The van der Waals surface area contributed by atoms with Crippen LogP contribution in [0.4, 0.5) is 5.69 Å². The second kappa shape index (κ2) is 6.25. The zero-order chi connectivity index (χ0) is 16.3. The molecule has 1 aliphatic rings. The van der Waals surface area contributed by atoms with E-state index in [9.17, 15) is 19.5 Å². The van der Waals surface area contributed by atoms with Crippen LogP contribution in [-0.2, 0) is 14.4 Å². The predicted octanol–water partition coefficient (Wildman–Crippen LogP) is 0.295. The first-order valence-electron chi connectivity index (χ1n) is 6.58. The molecule has 1 heterocycles. The maximum atomic E-state index is 12.0. The van der Waals surface area contributed by atoms with Crippen molar-refractivity contribution in [1.82, 2.24) is 5.32 Å². The van der Waals surface area contributed by atoms with E-state index >= 15 is 0 Å². The number of carbonyl (C=O) groups excluding carboxylic acids is 1. The maximum Gasteiger partial charge on any atom is 0.328 e. The van der Waals surface area contributed by atoms with Gasteiger partial charge in [0.05, 0.1) is 5.69 Å². The number of hydrazone groups is 1. The fraction of sp³-hybridized carbons (Fsp3) is 0.286. The SMILES string of the molecule is CC(NC(=O)C1=NN(c2ccccc2)C(C(=O)O)C1)C(=O)O. The first-order valence-corrected chi connectivity index (χ1v) is 6.58. The van der Waals surface area contributed by atoms with Gasteiger partial charge in [-0.2, -0.15) is 5.10 Å². The molecule has 1 aromatic carbocycles. The molecule has 3 N–H and O–H groups in total. The normalized spacial score (nSPS) is 18.5. The summed E-state index contributed by atoms with van der Waals surface area (Å²) >= 11 is 0. The standard InChI is InChI=1S/C14H15N3O5/c1-8(13(19)20)15-12(18)10-7-11(14(21)22)17(16-10)9-5-3-2-4-6-9/h2-6,8,11H,7H2,1H3,(H,15,18)(H,19,20)(H,21,22). The molecule has 2 unspecified atom stereocenters. The van der Waals surface area contributed by atoms with Crippen molar-refractivity contribution in [2.75, 3.05) is 5.01 Å². The maximum absolute atomic E-state index is 12.0. The lowest BCUT2D eigenvalue weighted by atomic mass is 10.1. The number of nitrogens with one attached hydrogen (secondary N) is 1. The van der Waals surface area contributed by atoms with Crippen molar-refractivity contribution in [2.24, 2.45) is 5.10 Å².